The number of Topliss-reactive ketones (excluding diaryl/α,β-unsaturated/α-hetero) is 1. The zero-order chi connectivity index (χ0) is 29.0. The molecule has 3 heterocycles. The van der Waals surface area contributed by atoms with Crippen molar-refractivity contribution in [1.29, 1.82) is 0 Å². The van der Waals surface area contributed by atoms with Crippen LogP contribution in [-0.2, 0) is 20.7 Å². The highest BCUT2D eigenvalue weighted by molar-refractivity contribution is 5.84. The van der Waals surface area contributed by atoms with Crippen molar-refractivity contribution < 1.29 is 36.6 Å². The van der Waals surface area contributed by atoms with Gasteiger partial charge >= 0.3 is 6.18 Å². The van der Waals surface area contributed by atoms with E-state index in [-0.39, 0.29) is 49.5 Å². The van der Waals surface area contributed by atoms with Gasteiger partial charge in [-0.1, -0.05) is 12.1 Å². The normalized spacial score (nSPS) is 17.4. The highest BCUT2D eigenvalue weighted by Crippen LogP contribution is 2.32. The summed E-state index contributed by atoms with van der Waals surface area (Å²) in [4.78, 5) is 30.2. The molecule has 0 saturated carbocycles. The van der Waals surface area contributed by atoms with Gasteiger partial charge in [-0.3, -0.25) is 9.89 Å². The third-order valence-electron chi connectivity index (χ3n) is 6.98. The molecule has 2 aromatic heterocycles. The number of alkyl halides is 3. The fourth-order valence-corrected chi connectivity index (χ4v) is 4.95. The molecule has 40 heavy (non-hydrogen) atoms. The first-order chi connectivity index (χ1) is 19.0. The number of halogens is 4. The molecule has 1 aromatic carbocycles. The lowest BCUT2D eigenvalue weighted by Crippen LogP contribution is -2.48. The number of ether oxygens (including phenoxy) is 2. The fourth-order valence-electron chi connectivity index (χ4n) is 4.95. The highest BCUT2D eigenvalue weighted by atomic mass is 19.4. The average Bonchev–Trinajstić information content (AvgIpc) is 3.27. The van der Waals surface area contributed by atoms with Crippen molar-refractivity contribution in [2.75, 3.05) is 19.7 Å². The summed E-state index contributed by atoms with van der Waals surface area (Å²) in [5.41, 5.74) is 2.82. The van der Waals surface area contributed by atoms with Gasteiger partial charge in [0.05, 0.1) is 30.6 Å². The minimum Gasteiger partial charge on any atom is -0.475 e. The number of carbonyl (C=O) groups is 1. The number of pyridine rings is 1. The Morgan fingerprint density at radius 1 is 1.30 bits per heavy atom. The highest BCUT2D eigenvalue weighted by Gasteiger charge is 2.43. The van der Waals surface area contributed by atoms with Crippen LogP contribution in [0.1, 0.15) is 49.4 Å². The molecule has 8 nitrogen and oxygen atoms in total. The molecular formula is C28H30F4N4O4. The number of morpholine rings is 1. The number of aromatic amines is 1. The van der Waals surface area contributed by atoms with Gasteiger partial charge in [0.1, 0.15) is 28.6 Å². The lowest BCUT2D eigenvalue weighted by atomic mass is 9.85. The van der Waals surface area contributed by atoms with Crippen LogP contribution in [0.15, 0.2) is 36.0 Å². The number of ketones is 1. The van der Waals surface area contributed by atoms with Gasteiger partial charge in [0.2, 0.25) is 5.88 Å². The number of nitrogens with zero attached hydrogens (tertiary/aromatic N) is 3. The third-order valence-corrected chi connectivity index (χ3v) is 6.98. The Bertz CT molecular complexity index is 1420. The summed E-state index contributed by atoms with van der Waals surface area (Å²) >= 11 is 0. The van der Waals surface area contributed by atoms with Gasteiger partial charge in [-0.15, -0.1) is 0 Å². The summed E-state index contributed by atoms with van der Waals surface area (Å²) in [6, 6.07) is 7.82. The molecule has 3 aromatic rings. The van der Waals surface area contributed by atoms with E-state index >= 15 is 4.39 Å². The molecule has 3 atom stereocenters. The second kappa shape index (κ2) is 12.2. The molecule has 4 rings (SSSR count). The van der Waals surface area contributed by atoms with Crippen molar-refractivity contribution in [3.63, 3.8) is 0 Å². The van der Waals surface area contributed by atoms with Gasteiger partial charge in [-0.2, -0.15) is 18.3 Å². The van der Waals surface area contributed by atoms with Gasteiger partial charge in [0, 0.05) is 30.5 Å². The molecule has 1 N–H and O–H groups in total. The third kappa shape index (κ3) is 6.68. The molecular weight excluding hydrogens is 532 g/mol. The molecule has 0 aliphatic carbocycles. The summed E-state index contributed by atoms with van der Waals surface area (Å²) in [6.07, 6.45) is -6.78. The number of aromatic nitrogens is 3. The Hall–Kier alpha value is -3.76. The standard InChI is InChI=1S/C28H30F4N4O4/c1-16(40-25-10-9-23-27(33-25)17(2)34-35-23)13-21(18(3)38)26-19(5-4-6-22(26)29)7-8-20(15-37)36-11-12-39-24(14-36)28(30,31)32/h4-6,9-10,16,21,24H,7-8,11-14H2,1-3H3,(H,34,35). The topological polar surface area (TPSA) is 97.4 Å². The van der Waals surface area contributed by atoms with Crippen LogP contribution in [0.25, 0.3) is 11.0 Å². The monoisotopic (exact) mass is 562 g/mol. The second-order valence-corrected chi connectivity index (χ2v) is 9.90. The van der Waals surface area contributed by atoms with Crippen LogP contribution in [0.5, 0.6) is 5.88 Å². The van der Waals surface area contributed by atoms with Crippen molar-refractivity contribution in [3.8, 4) is 5.88 Å². The molecule has 1 aliphatic heterocycles. The Morgan fingerprint density at radius 2 is 2.08 bits per heavy atom. The quantitative estimate of drug-likeness (QED) is 0.279. The smallest absolute Gasteiger partial charge is 0.416 e. The van der Waals surface area contributed by atoms with Crippen LogP contribution in [0.4, 0.5) is 17.6 Å². The van der Waals surface area contributed by atoms with Crippen LogP contribution in [0, 0.1) is 12.7 Å². The van der Waals surface area contributed by atoms with E-state index in [4.69, 9.17) is 9.47 Å². The summed E-state index contributed by atoms with van der Waals surface area (Å²) < 4.78 is 65.5. The number of nitrogens with one attached hydrogen (secondary N) is 1. The number of carbonyl (C=O) groups excluding carboxylic acids is 2. The molecule has 3 unspecified atom stereocenters. The van der Waals surface area contributed by atoms with E-state index in [1.165, 1.54) is 24.0 Å². The van der Waals surface area contributed by atoms with Gasteiger partial charge in [0.15, 0.2) is 6.10 Å². The SMILES string of the molecule is CC(=O)C(CC(C)Oc1ccc2n[nH]c(C)c2n1)c1c(F)cccc1CCC(=C=O)N1CCOC(C(F)(F)F)C1. The minimum atomic E-state index is -4.56. The zero-order valence-corrected chi connectivity index (χ0v) is 22.3. The number of rotatable bonds is 10. The van der Waals surface area contributed by atoms with Crippen LogP contribution >= 0.6 is 0 Å². The molecule has 0 spiro atoms. The van der Waals surface area contributed by atoms with Crippen molar-refractivity contribution in [1.82, 2.24) is 20.1 Å². The lowest BCUT2D eigenvalue weighted by Gasteiger charge is -2.35. The average molecular weight is 563 g/mol. The number of allylic oxidation sites excluding steroid dienone is 1. The molecule has 1 saturated heterocycles. The number of hydrogen-bond acceptors (Lipinski definition) is 7. The molecule has 0 amide bonds. The number of aryl methyl sites for hydroxylation is 2. The predicted molar refractivity (Wildman–Crippen MR) is 138 cm³/mol. The number of benzene rings is 1. The van der Waals surface area contributed by atoms with Gasteiger partial charge in [-0.05, 0) is 51.3 Å². The number of H-pyrrole nitrogens is 1. The van der Waals surface area contributed by atoms with Crippen LogP contribution < -0.4 is 4.74 Å². The fraction of sp³-hybridized carbons (Fsp3) is 0.464. The van der Waals surface area contributed by atoms with Gasteiger partial charge < -0.3 is 14.4 Å². The maximum Gasteiger partial charge on any atom is 0.416 e. The number of fused-ring (bicyclic) bond motifs is 1. The summed E-state index contributed by atoms with van der Waals surface area (Å²) in [5.74, 6) is 0.373. The van der Waals surface area contributed by atoms with Crippen LogP contribution in [0.2, 0.25) is 0 Å². The van der Waals surface area contributed by atoms with Gasteiger partial charge in [-0.25, -0.2) is 14.2 Å². The Labute approximate surface area is 228 Å². The lowest BCUT2D eigenvalue weighted by molar-refractivity contribution is -0.234. The van der Waals surface area contributed by atoms with E-state index in [2.05, 4.69) is 15.2 Å². The molecule has 1 fully saturated rings. The molecule has 0 radical (unpaired) electrons. The first-order valence-electron chi connectivity index (χ1n) is 12.9. The molecule has 214 valence electrons. The van der Waals surface area contributed by atoms with E-state index < -0.39 is 36.7 Å². The van der Waals surface area contributed by atoms with E-state index in [1.54, 1.807) is 31.1 Å². The second-order valence-electron chi connectivity index (χ2n) is 9.90. The van der Waals surface area contributed by atoms with Crippen molar-refractivity contribution in [3.05, 3.63) is 58.7 Å². The first kappa shape index (κ1) is 29.2. The maximum atomic E-state index is 15.2. The Morgan fingerprint density at radius 3 is 2.77 bits per heavy atom. The Kier molecular flexibility index (Phi) is 8.90. The maximum absolute atomic E-state index is 15.2. The van der Waals surface area contributed by atoms with Gasteiger partial charge in [0.25, 0.3) is 0 Å². The Balaban J connectivity index is 1.49. The largest absolute Gasteiger partial charge is 0.475 e. The molecule has 1 aliphatic rings. The van der Waals surface area contributed by atoms with Crippen LogP contribution in [0.3, 0.4) is 0 Å². The summed E-state index contributed by atoms with van der Waals surface area (Å²) in [6.45, 7) is 4.36. The zero-order valence-electron chi connectivity index (χ0n) is 22.3. The minimum absolute atomic E-state index is 0.0230. The van der Waals surface area contributed by atoms with E-state index in [0.29, 0.717) is 22.5 Å². The van der Waals surface area contributed by atoms with E-state index in [1.807, 2.05) is 6.92 Å². The van der Waals surface area contributed by atoms with Crippen LogP contribution in [-0.4, -0.2) is 69.9 Å². The summed E-state index contributed by atoms with van der Waals surface area (Å²) in [5, 5.41) is 6.99. The first-order valence-corrected chi connectivity index (χ1v) is 12.9. The molecule has 12 heteroatoms. The van der Waals surface area contributed by atoms with Crippen molar-refractivity contribution in [2.24, 2.45) is 0 Å². The summed E-state index contributed by atoms with van der Waals surface area (Å²) in [7, 11) is 0. The van der Waals surface area contributed by atoms with Crippen molar-refractivity contribution >= 4 is 22.8 Å². The molecule has 0 bridgehead atoms. The number of hydrogen-bond donors (Lipinski definition) is 1. The van der Waals surface area contributed by atoms with Crippen molar-refractivity contribution in [2.45, 2.75) is 64.3 Å². The predicted octanol–water partition coefficient (Wildman–Crippen LogP) is 4.85. The van der Waals surface area contributed by atoms with E-state index in [9.17, 15) is 22.8 Å². The van der Waals surface area contributed by atoms with E-state index in [0.717, 1.165) is 5.69 Å².